The predicted octanol–water partition coefficient (Wildman–Crippen LogP) is 1.25. The lowest BCUT2D eigenvalue weighted by atomic mass is 10.2. The number of nitrogens with zero attached hydrogens (tertiary/aromatic N) is 3. The van der Waals surface area contributed by atoms with Gasteiger partial charge in [0.15, 0.2) is 11.6 Å². The second-order valence-corrected chi connectivity index (χ2v) is 5.65. The number of benzene rings is 1. The van der Waals surface area contributed by atoms with Gasteiger partial charge in [-0.05, 0) is 24.2 Å². The Balaban J connectivity index is 2.23. The van der Waals surface area contributed by atoms with Gasteiger partial charge in [0, 0.05) is 38.9 Å². The molecule has 0 aliphatic rings. The fourth-order valence-corrected chi connectivity index (χ4v) is 2.51. The Morgan fingerprint density at radius 2 is 1.83 bits per heavy atom. The minimum absolute atomic E-state index is 0.204. The molecule has 0 unspecified atom stereocenters. The van der Waals surface area contributed by atoms with E-state index in [4.69, 9.17) is 4.74 Å². The summed E-state index contributed by atoms with van der Waals surface area (Å²) in [6, 6.07) is 6.28. The highest BCUT2D eigenvalue weighted by molar-refractivity contribution is 5.29. The van der Waals surface area contributed by atoms with Crippen molar-refractivity contribution in [1.29, 1.82) is 0 Å². The Hall–Kier alpha value is -2.41. The number of hydrogen-bond donors (Lipinski definition) is 0. The minimum Gasteiger partial charge on any atom is -0.494 e. The molecule has 0 aliphatic carbocycles. The van der Waals surface area contributed by atoms with Gasteiger partial charge >= 0.3 is 5.69 Å². The van der Waals surface area contributed by atoms with E-state index in [0.29, 0.717) is 25.3 Å². The van der Waals surface area contributed by atoms with Gasteiger partial charge in [-0.2, -0.15) is 0 Å². The van der Waals surface area contributed by atoms with Crippen LogP contribution in [0.1, 0.15) is 18.2 Å². The topological polar surface area (TPSA) is 56.5 Å². The van der Waals surface area contributed by atoms with Crippen molar-refractivity contribution in [3.8, 4) is 5.75 Å². The van der Waals surface area contributed by atoms with E-state index in [-0.39, 0.29) is 17.0 Å². The van der Waals surface area contributed by atoms with Gasteiger partial charge < -0.3 is 4.74 Å². The summed E-state index contributed by atoms with van der Waals surface area (Å²) in [6.07, 6.45) is 0. The van der Waals surface area contributed by atoms with Crippen molar-refractivity contribution in [2.45, 2.75) is 20.0 Å². The first-order chi connectivity index (χ1) is 11.4. The highest BCUT2D eigenvalue weighted by Gasteiger charge is 2.12. The maximum Gasteiger partial charge on any atom is 0.330 e. The number of hydrogen-bond acceptors (Lipinski definition) is 4. The maximum absolute atomic E-state index is 13.8. The predicted molar refractivity (Wildman–Crippen MR) is 89.7 cm³/mol. The molecular formula is C17H22FN3O3. The van der Waals surface area contributed by atoms with Gasteiger partial charge in [0.05, 0.1) is 7.11 Å². The molecule has 0 radical (unpaired) electrons. The first kappa shape index (κ1) is 17.9. The molecule has 0 bridgehead atoms. The zero-order chi connectivity index (χ0) is 17.9. The van der Waals surface area contributed by atoms with Crippen molar-refractivity contribution in [3.05, 3.63) is 62.2 Å². The fourth-order valence-electron chi connectivity index (χ4n) is 2.51. The van der Waals surface area contributed by atoms with Gasteiger partial charge in [0.1, 0.15) is 0 Å². The summed E-state index contributed by atoms with van der Waals surface area (Å²) in [5.74, 6) is -0.206. The summed E-state index contributed by atoms with van der Waals surface area (Å²) >= 11 is 0. The van der Waals surface area contributed by atoms with Crippen LogP contribution in [0, 0.1) is 5.82 Å². The first-order valence-electron chi connectivity index (χ1n) is 7.68. The van der Waals surface area contributed by atoms with Gasteiger partial charge in [-0.15, -0.1) is 0 Å². The lowest BCUT2D eigenvalue weighted by Crippen LogP contribution is -2.39. The van der Waals surface area contributed by atoms with Crippen LogP contribution in [-0.4, -0.2) is 27.7 Å². The highest BCUT2D eigenvalue weighted by atomic mass is 19.1. The normalized spacial score (nSPS) is 11.1. The van der Waals surface area contributed by atoms with Crippen molar-refractivity contribution in [3.63, 3.8) is 0 Å². The number of halogens is 1. The second-order valence-electron chi connectivity index (χ2n) is 5.65. The molecule has 0 fully saturated rings. The van der Waals surface area contributed by atoms with E-state index >= 15 is 0 Å². The van der Waals surface area contributed by atoms with Crippen LogP contribution in [-0.2, 0) is 27.2 Å². The van der Waals surface area contributed by atoms with Crippen LogP contribution >= 0.6 is 0 Å². The van der Waals surface area contributed by atoms with E-state index in [9.17, 15) is 14.0 Å². The lowest BCUT2D eigenvalue weighted by Gasteiger charge is -2.22. The fraction of sp³-hybridized carbons (Fsp3) is 0.412. The van der Waals surface area contributed by atoms with Crippen LogP contribution in [0.4, 0.5) is 4.39 Å². The molecule has 0 amide bonds. The molecule has 0 N–H and O–H groups in total. The Bertz CT molecular complexity index is 842. The maximum atomic E-state index is 13.8. The third-order valence-electron chi connectivity index (χ3n) is 4.08. The number of ether oxygens (including phenoxy) is 1. The zero-order valence-corrected chi connectivity index (χ0v) is 14.4. The van der Waals surface area contributed by atoms with E-state index in [1.54, 1.807) is 19.2 Å². The van der Waals surface area contributed by atoms with Crippen LogP contribution in [0.3, 0.4) is 0 Å². The molecule has 0 saturated carbocycles. The van der Waals surface area contributed by atoms with Gasteiger partial charge in [0.2, 0.25) is 0 Å². The van der Waals surface area contributed by atoms with Crippen molar-refractivity contribution in [2.75, 3.05) is 13.7 Å². The molecule has 1 heterocycles. The third-order valence-corrected chi connectivity index (χ3v) is 4.08. The SMILES string of the molecule is CCN(Cc1ccc(OC)c(F)c1)Cc1cc(=O)n(C)c(=O)n1C. The molecule has 2 aromatic rings. The van der Waals surface area contributed by atoms with Crippen molar-refractivity contribution in [2.24, 2.45) is 14.1 Å². The number of aromatic nitrogens is 2. The van der Waals surface area contributed by atoms with Gasteiger partial charge in [0.25, 0.3) is 5.56 Å². The highest BCUT2D eigenvalue weighted by Crippen LogP contribution is 2.19. The summed E-state index contributed by atoms with van der Waals surface area (Å²) in [4.78, 5) is 25.8. The van der Waals surface area contributed by atoms with E-state index < -0.39 is 5.82 Å². The number of methoxy groups -OCH3 is 1. The lowest BCUT2D eigenvalue weighted by molar-refractivity contribution is 0.262. The molecule has 7 heteroatoms. The zero-order valence-electron chi connectivity index (χ0n) is 14.4. The van der Waals surface area contributed by atoms with E-state index in [1.807, 2.05) is 11.8 Å². The summed E-state index contributed by atoms with van der Waals surface area (Å²) in [7, 11) is 4.51. The molecule has 0 atom stereocenters. The first-order valence-corrected chi connectivity index (χ1v) is 7.68. The van der Waals surface area contributed by atoms with Crippen molar-refractivity contribution < 1.29 is 9.13 Å². The average molecular weight is 335 g/mol. The molecule has 1 aromatic heterocycles. The van der Waals surface area contributed by atoms with Crippen LogP contribution in [0.15, 0.2) is 33.9 Å². The Kier molecular flexibility index (Phi) is 5.56. The van der Waals surface area contributed by atoms with Crippen LogP contribution in [0.2, 0.25) is 0 Å². The Labute approximate surface area is 139 Å². The van der Waals surface area contributed by atoms with Gasteiger partial charge in [-0.25, -0.2) is 9.18 Å². The minimum atomic E-state index is -0.410. The summed E-state index contributed by atoms with van der Waals surface area (Å²) in [5.41, 5.74) is 0.728. The van der Waals surface area contributed by atoms with Crippen LogP contribution in [0.25, 0.3) is 0 Å². The molecule has 0 spiro atoms. The molecule has 2 rings (SSSR count). The third kappa shape index (κ3) is 3.73. The van der Waals surface area contributed by atoms with Crippen molar-refractivity contribution >= 4 is 0 Å². The molecule has 0 aliphatic heterocycles. The average Bonchev–Trinajstić information content (AvgIpc) is 2.57. The second kappa shape index (κ2) is 7.44. The largest absolute Gasteiger partial charge is 0.494 e. The smallest absolute Gasteiger partial charge is 0.330 e. The molecule has 1 aromatic carbocycles. The van der Waals surface area contributed by atoms with Crippen LogP contribution in [0.5, 0.6) is 5.75 Å². The van der Waals surface area contributed by atoms with Crippen molar-refractivity contribution in [1.82, 2.24) is 14.0 Å². The molecule has 24 heavy (non-hydrogen) atoms. The quantitative estimate of drug-likeness (QED) is 0.797. The van der Waals surface area contributed by atoms with Gasteiger partial charge in [-0.1, -0.05) is 13.0 Å². The van der Waals surface area contributed by atoms with E-state index in [0.717, 1.165) is 10.1 Å². The Morgan fingerprint density at radius 1 is 1.12 bits per heavy atom. The standard InChI is InChI=1S/C17H22FN3O3/c1-5-21(10-12-6-7-15(24-4)14(18)8-12)11-13-9-16(22)20(3)17(23)19(13)2/h6-9H,5,10-11H2,1-4H3. The summed E-state index contributed by atoms with van der Waals surface area (Å²) < 4.78 is 21.3. The van der Waals surface area contributed by atoms with E-state index in [1.165, 1.54) is 30.9 Å². The molecule has 130 valence electrons. The summed E-state index contributed by atoms with van der Waals surface area (Å²) in [5, 5.41) is 0. The molecule has 6 nitrogen and oxygen atoms in total. The van der Waals surface area contributed by atoms with E-state index in [2.05, 4.69) is 0 Å². The summed E-state index contributed by atoms with van der Waals surface area (Å²) in [6.45, 7) is 3.59. The molecular weight excluding hydrogens is 313 g/mol. The van der Waals surface area contributed by atoms with Crippen LogP contribution < -0.4 is 16.0 Å². The molecule has 0 saturated heterocycles. The number of rotatable bonds is 6. The van der Waals surface area contributed by atoms with Gasteiger partial charge in [-0.3, -0.25) is 18.8 Å². The monoisotopic (exact) mass is 335 g/mol. The Morgan fingerprint density at radius 3 is 2.42 bits per heavy atom.